The Bertz CT molecular complexity index is 915. The molecule has 7 heteroatoms. The smallest absolute Gasteiger partial charge is 0.243 e. The fraction of sp³-hybridized carbons (Fsp3) is 0.381. The number of benzene rings is 2. The van der Waals surface area contributed by atoms with Crippen LogP contribution in [0.2, 0.25) is 0 Å². The minimum Gasteiger partial charge on any atom is -0.496 e. The second-order valence-corrected chi connectivity index (χ2v) is 8.96. The predicted octanol–water partition coefficient (Wildman–Crippen LogP) is 2.75. The molecule has 1 unspecified atom stereocenters. The van der Waals surface area contributed by atoms with Crippen LogP contribution >= 0.6 is 0 Å². The van der Waals surface area contributed by atoms with Gasteiger partial charge in [0.2, 0.25) is 15.9 Å². The lowest BCUT2D eigenvalue weighted by Gasteiger charge is -2.33. The van der Waals surface area contributed by atoms with Crippen LogP contribution in [0.15, 0.2) is 59.5 Å². The van der Waals surface area contributed by atoms with Gasteiger partial charge in [-0.2, -0.15) is 4.31 Å². The molecule has 6 nitrogen and oxygen atoms in total. The number of sulfonamides is 1. The maximum atomic E-state index is 13.0. The molecule has 1 aliphatic rings. The molecule has 1 aliphatic heterocycles. The molecule has 0 spiro atoms. The summed E-state index contributed by atoms with van der Waals surface area (Å²) in [5.74, 6) is 0.352. The molecule has 0 saturated carbocycles. The molecular formula is C21H26N2O4S. The first-order valence-corrected chi connectivity index (χ1v) is 10.8. The van der Waals surface area contributed by atoms with Gasteiger partial charge in [0, 0.05) is 32.2 Å². The van der Waals surface area contributed by atoms with Crippen molar-refractivity contribution in [2.45, 2.75) is 24.3 Å². The van der Waals surface area contributed by atoms with Crippen LogP contribution in [0.3, 0.4) is 0 Å². The van der Waals surface area contributed by atoms with Crippen molar-refractivity contribution < 1.29 is 17.9 Å². The Labute approximate surface area is 166 Å². The Kier molecular flexibility index (Phi) is 6.36. The van der Waals surface area contributed by atoms with Gasteiger partial charge >= 0.3 is 0 Å². The third kappa shape index (κ3) is 4.36. The SMILES string of the molecule is COc1ccccc1CN(C)C(=O)C1CCCN(S(=O)(=O)c2ccccc2)C1. The third-order valence-electron chi connectivity index (χ3n) is 5.09. The topological polar surface area (TPSA) is 66.9 Å². The molecule has 150 valence electrons. The first kappa shape index (κ1) is 20.4. The van der Waals surface area contributed by atoms with E-state index in [0.717, 1.165) is 11.3 Å². The second-order valence-electron chi connectivity index (χ2n) is 7.02. The van der Waals surface area contributed by atoms with Gasteiger partial charge in [0.1, 0.15) is 5.75 Å². The van der Waals surface area contributed by atoms with Crippen LogP contribution < -0.4 is 4.74 Å². The van der Waals surface area contributed by atoms with E-state index < -0.39 is 10.0 Å². The van der Waals surface area contributed by atoms with Gasteiger partial charge in [-0.15, -0.1) is 0 Å². The average molecular weight is 403 g/mol. The number of methoxy groups -OCH3 is 1. The maximum absolute atomic E-state index is 13.0. The Hall–Kier alpha value is -2.38. The summed E-state index contributed by atoms with van der Waals surface area (Å²) in [6.45, 7) is 1.08. The molecular weight excluding hydrogens is 376 g/mol. The summed E-state index contributed by atoms with van der Waals surface area (Å²) < 4.78 is 32.6. The first-order chi connectivity index (χ1) is 13.4. The highest BCUT2D eigenvalue weighted by Gasteiger charge is 2.34. The summed E-state index contributed by atoms with van der Waals surface area (Å²) >= 11 is 0. The molecule has 2 aromatic carbocycles. The highest BCUT2D eigenvalue weighted by atomic mass is 32.2. The zero-order valence-corrected chi connectivity index (χ0v) is 17.1. The fourth-order valence-electron chi connectivity index (χ4n) is 3.58. The molecule has 0 N–H and O–H groups in total. The zero-order chi connectivity index (χ0) is 20.1. The van der Waals surface area contributed by atoms with Crippen LogP contribution in [0.4, 0.5) is 0 Å². The van der Waals surface area contributed by atoms with Gasteiger partial charge in [-0.25, -0.2) is 8.42 Å². The molecule has 1 atom stereocenters. The molecule has 0 aliphatic carbocycles. The van der Waals surface area contributed by atoms with Crippen molar-refractivity contribution >= 4 is 15.9 Å². The monoisotopic (exact) mass is 402 g/mol. The van der Waals surface area contributed by atoms with E-state index in [1.165, 1.54) is 4.31 Å². The number of piperidine rings is 1. The summed E-state index contributed by atoms with van der Waals surface area (Å²) in [4.78, 5) is 14.9. The number of rotatable bonds is 6. The largest absolute Gasteiger partial charge is 0.496 e. The van der Waals surface area contributed by atoms with Gasteiger partial charge in [0.25, 0.3) is 0 Å². The third-order valence-corrected chi connectivity index (χ3v) is 6.97. The van der Waals surface area contributed by atoms with Gasteiger partial charge in [-0.1, -0.05) is 36.4 Å². The lowest BCUT2D eigenvalue weighted by molar-refractivity contribution is -0.135. The molecule has 0 aromatic heterocycles. The molecule has 2 aromatic rings. The van der Waals surface area contributed by atoms with Crippen LogP contribution in [0, 0.1) is 5.92 Å². The van der Waals surface area contributed by atoms with Crippen molar-refractivity contribution in [3.05, 3.63) is 60.2 Å². The summed E-state index contributed by atoms with van der Waals surface area (Å²) in [6.07, 6.45) is 1.36. The van der Waals surface area contributed by atoms with Gasteiger partial charge in [-0.05, 0) is 31.0 Å². The fourth-order valence-corrected chi connectivity index (χ4v) is 5.13. The van der Waals surface area contributed by atoms with E-state index in [4.69, 9.17) is 4.74 Å². The molecule has 3 rings (SSSR count). The summed E-state index contributed by atoms with van der Waals surface area (Å²) in [7, 11) is -0.226. The highest BCUT2D eigenvalue weighted by molar-refractivity contribution is 7.89. The number of hydrogen-bond donors (Lipinski definition) is 0. The second kappa shape index (κ2) is 8.75. The van der Waals surface area contributed by atoms with Crippen LogP contribution in [0.5, 0.6) is 5.75 Å². The van der Waals surface area contributed by atoms with Gasteiger partial charge in [-0.3, -0.25) is 4.79 Å². The quantitative estimate of drug-likeness (QED) is 0.745. The van der Waals surface area contributed by atoms with Gasteiger partial charge in [0.05, 0.1) is 17.9 Å². The minimum atomic E-state index is -3.58. The van der Waals surface area contributed by atoms with E-state index in [9.17, 15) is 13.2 Å². The zero-order valence-electron chi connectivity index (χ0n) is 16.2. The van der Waals surface area contributed by atoms with Crippen molar-refractivity contribution in [2.24, 2.45) is 5.92 Å². The van der Waals surface area contributed by atoms with Crippen LogP contribution in [-0.2, 0) is 21.4 Å². The van der Waals surface area contributed by atoms with Crippen molar-refractivity contribution in [2.75, 3.05) is 27.2 Å². The number of amides is 1. The standard InChI is InChI=1S/C21H26N2O4S/c1-22(15-17-9-6-7-13-20(17)27-2)21(24)18-10-8-14-23(16-18)28(25,26)19-11-4-3-5-12-19/h3-7,9,11-13,18H,8,10,14-16H2,1-2H3. The number of nitrogens with zero attached hydrogens (tertiary/aromatic N) is 2. The maximum Gasteiger partial charge on any atom is 0.243 e. The van der Waals surface area contributed by atoms with E-state index in [2.05, 4.69) is 0 Å². The average Bonchev–Trinajstić information content (AvgIpc) is 2.74. The van der Waals surface area contributed by atoms with E-state index in [0.29, 0.717) is 25.9 Å². The van der Waals surface area contributed by atoms with Crippen LogP contribution in [-0.4, -0.2) is 50.8 Å². The number of ether oxygens (including phenoxy) is 1. The van der Waals surface area contributed by atoms with Crippen molar-refractivity contribution in [1.82, 2.24) is 9.21 Å². The molecule has 1 saturated heterocycles. The van der Waals surface area contributed by atoms with Crippen molar-refractivity contribution in [1.29, 1.82) is 0 Å². The van der Waals surface area contributed by atoms with Crippen LogP contribution in [0.25, 0.3) is 0 Å². The number of para-hydroxylation sites is 1. The number of carbonyl (C=O) groups excluding carboxylic acids is 1. The lowest BCUT2D eigenvalue weighted by Crippen LogP contribution is -2.45. The van der Waals surface area contributed by atoms with Gasteiger partial charge in [0.15, 0.2) is 0 Å². The van der Waals surface area contributed by atoms with Gasteiger partial charge < -0.3 is 9.64 Å². The Morgan fingerprint density at radius 3 is 2.54 bits per heavy atom. The Balaban J connectivity index is 1.70. The first-order valence-electron chi connectivity index (χ1n) is 9.35. The Morgan fingerprint density at radius 2 is 1.82 bits per heavy atom. The lowest BCUT2D eigenvalue weighted by atomic mass is 9.98. The molecule has 1 heterocycles. The van der Waals surface area contributed by atoms with Crippen LogP contribution in [0.1, 0.15) is 18.4 Å². The molecule has 28 heavy (non-hydrogen) atoms. The number of hydrogen-bond acceptors (Lipinski definition) is 4. The summed E-state index contributed by atoms with van der Waals surface area (Å²) in [5, 5.41) is 0. The van der Waals surface area contributed by atoms with E-state index in [-0.39, 0.29) is 23.3 Å². The van der Waals surface area contributed by atoms with Crippen molar-refractivity contribution in [3.8, 4) is 5.75 Å². The van der Waals surface area contributed by atoms with E-state index in [1.807, 2.05) is 24.3 Å². The molecule has 0 radical (unpaired) electrons. The Morgan fingerprint density at radius 1 is 1.14 bits per heavy atom. The van der Waals surface area contributed by atoms with E-state index in [1.54, 1.807) is 49.4 Å². The molecule has 1 fully saturated rings. The highest BCUT2D eigenvalue weighted by Crippen LogP contribution is 2.26. The minimum absolute atomic E-state index is 0.0427. The summed E-state index contributed by atoms with van der Waals surface area (Å²) in [5.41, 5.74) is 0.922. The van der Waals surface area contributed by atoms with Crippen molar-refractivity contribution in [3.63, 3.8) is 0 Å². The molecule has 1 amide bonds. The molecule has 0 bridgehead atoms. The normalized spacial score (nSPS) is 17.9. The predicted molar refractivity (Wildman–Crippen MR) is 107 cm³/mol. The summed E-state index contributed by atoms with van der Waals surface area (Å²) in [6, 6.07) is 16.0. The number of carbonyl (C=O) groups is 1. The van der Waals surface area contributed by atoms with E-state index >= 15 is 0 Å².